The Kier molecular flexibility index (Phi) is 4.70. The van der Waals surface area contributed by atoms with Crippen LogP contribution < -0.4 is 5.32 Å². The Bertz CT molecular complexity index is 485. The summed E-state index contributed by atoms with van der Waals surface area (Å²) >= 11 is 0. The molecular weight excluding hydrogens is 262 g/mol. The summed E-state index contributed by atoms with van der Waals surface area (Å²) in [5.74, 6) is -2.51. The maximum atomic E-state index is 13.8. The third kappa shape index (κ3) is 3.15. The number of hydrogen-bond acceptors (Lipinski definition) is 2. The first-order chi connectivity index (χ1) is 9.50. The molecule has 0 aliphatic carbocycles. The van der Waals surface area contributed by atoms with Gasteiger partial charge in [0, 0.05) is 18.6 Å². The van der Waals surface area contributed by atoms with Crippen molar-refractivity contribution in [1.82, 2.24) is 10.2 Å². The number of nitrogens with one attached hydrogen (secondary N) is 1. The molecular formula is C15H20F2N2O. The van der Waals surface area contributed by atoms with Gasteiger partial charge in [-0.15, -0.1) is 0 Å². The molecule has 0 bridgehead atoms. The first-order valence-electron chi connectivity index (χ1n) is 6.99. The Balaban J connectivity index is 2.19. The fourth-order valence-corrected chi connectivity index (χ4v) is 2.50. The maximum Gasteiger partial charge on any atom is 0.257 e. The van der Waals surface area contributed by atoms with E-state index in [0.29, 0.717) is 6.54 Å². The van der Waals surface area contributed by atoms with Crippen LogP contribution in [-0.4, -0.2) is 36.0 Å². The second-order valence-electron chi connectivity index (χ2n) is 5.45. The molecule has 110 valence electrons. The molecule has 1 fully saturated rings. The molecule has 1 saturated heterocycles. The maximum absolute atomic E-state index is 13.8. The fourth-order valence-electron chi connectivity index (χ4n) is 2.50. The van der Waals surface area contributed by atoms with E-state index in [1.807, 2.05) is 13.8 Å². The van der Waals surface area contributed by atoms with Crippen LogP contribution in [0.15, 0.2) is 18.2 Å². The summed E-state index contributed by atoms with van der Waals surface area (Å²) in [5.41, 5.74) is -0.198. The Morgan fingerprint density at radius 3 is 2.80 bits per heavy atom. The van der Waals surface area contributed by atoms with Gasteiger partial charge in [-0.25, -0.2) is 8.78 Å². The summed E-state index contributed by atoms with van der Waals surface area (Å²) in [6.07, 6.45) is 2.08. The number of halogens is 2. The number of carbonyl (C=O) groups is 1. The van der Waals surface area contributed by atoms with Crippen LogP contribution in [-0.2, 0) is 0 Å². The van der Waals surface area contributed by atoms with E-state index < -0.39 is 17.5 Å². The van der Waals surface area contributed by atoms with Crippen molar-refractivity contribution in [3.05, 3.63) is 35.4 Å². The number of carbonyl (C=O) groups excluding carboxylic acids is 1. The average Bonchev–Trinajstić information content (AvgIpc) is 2.91. The normalized spacial score (nSPS) is 18.6. The smallest absolute Gasteiger partial charge is 0.257 e. The van der Waals surface area contributed by atoms with Gasteiger partial charge in [-0.2, -0.15) is 0 Å². The Hall–Kier alpha value is -1.49. The molecule has 1 aromatic rings. The summed E-state index contributed by atoms with van der Waals surface area (Å²) in [4.78, 5) is 14.0. The number of hydrogen-bond donors (Lipinski definition) is 1. The molecule has 1 aliphatic rings. The fraction of sp³-hybridized carbons (Fsp3) is 0.533. The van der Waals surface area contributed by atoms with Crippen LogP contribution >= 0.6 is 0 Å². The molecule has 0 saturated carbocycles. The average molecular weight is 282 g/mol. The van der Waals surface area contributed by atoms with E-state index in [9.17, 15) is 13.6 Å². The lowest BCUT2D eigenvalue weighted by Gasteiger charge is -2.29. The quantitative estimate of drug-likeness (QED) is 0.920. The SMILES string of the molecule is CC(C)N(CC1CCCN1)C(=O)c1cccc(F)c1F. The van der Waals surface area contributed by atoms with Crippen molar-refractivity contribution in [1.29, 1.82) is 0 Å². The van der Waals surface area contributed by atoms with E-state index in [4.69, 9.17) is 0 Å². The molecule has 1 amide bonds. The molecule has 2 rings (SSSR count). The van der Waals surface area contributed by atoms with Crippen molar-refractivity contribution in [3.63, 3.8) is 0 Å². The largest absolute Gasteiger partial charge is 0.335 e. The van der Waals surface area contributed by atoms with Crippen molar-refractivity contribution in [2.24, 2.45) is 0 Å². The van der Waals surface area contributed by atoms with Gasteiger partial charge in [0.1, 0.15) is 0 Å². The van der Waals surface area contributed by atoms with Crippen molar-refractivity contribution >= 4 is 5.91 Å². The van der Waals surface area contributed by atoms with Gasteiger partial charge in [-0.1, -0.05) is 6.07 Å². The predicted octanol–water partition coefficient (Wildman–Crippen LogP) is 2.57. The highest BCUT2D eigenvalue weighted by molar-refractivity contribution is 5.94. The molecule has 3 nitrogen and oxygen atoms in total. The molecule has 1 heterocycles. The topological polar surface area (TPSA) is 32.3 Å². The molecule has 20 heavy (non-hydrogen) atoms. The highest BCUT2D eigenvalue weighted by atomic mass is 19.2. The summed E-state index contributed by atoms with van der Waals surface area (Å²) in [7, 11) is 0. The van der Waals surface area contributed by atoms with Crippen LogP contribution in [0.1, 0.15) is 37.0 Å². The van der Waals surface area contributed by atoms with Gasteiger partial charge in [0.2, 0.25) is 0 Å². The third-order valence-corrected chi connectivity index (χ3v) is 3.65. The van der Waals surface area contributed by atoms with Crippen molar-refractivity contribution < 1.29 is 13.6 Å². The van der Waals surface area contributed by atoms with E-state index in [1.54, 1.807) is 4.90 Å². The minimum absolute atomic E-state index is 0.0624. The lowest BCUT2D eigenvalue weighted by molar-refractivity contribution is 0.0683. The molecule has 1 N–H and O–H groups in total. The Labute approximate surface area is 118 Å². The lowest BCUT2D eigenvalue weighted by atomic mass is 10.1. The number of rotatable bonds is 4. The minimum Gasteiger partial charge on any atom is -0.335 e. The molecule has 0 spiro atoms. The molecule has 1 unspecified atom stereocenters. The van der Waals surface area contributed by atoms with Crippen molar-refractivity contribution in [2.75, 3.05) is 13.1 Å². The van der Waals surface area contributed by atoms with E-state index in [1.165, 1.54) is 12.1 Å². The van der Waals surface area contributed by atoms with Crippen LogP contribution in [0, 0.1) is 11.6 Å². The number of benzene rings is 1. The van der Waals surface area contributed by atoms with E-state index in [0.717, 1.165) is 25.5 Å². The monoisotopic (exact) mass is 282 g/mol. The zero-order valence-electron chi connectivity index (χ0n) is 11.8. The summed E-state index contributed by atoms with van der Waals surface area (Å²) < 4.78 is 27.0. The molecule has 1 aromatic carbocycles. The highest BCUT2D eigenvalue weighted by Crippen LogP contribution is 2.17. The number of nitrogens with zero attached hydrogens (tertiary/aromatic N) is 1. The van der Waals surface area contributed by atoms with Crippen LogP contribution in [0.4, 0.5) is 8.78 Å². The molecule has 5 heteroatoms. The van der Waals surface area contributed by atoms with E-state index in [2.05, 4.69) is 5.32 Å². The predicted molar refractivity (Wildman–Crippen MR) is 73.6 cm³/mol. The Morgan fingerprint density at radius 1 is 1.45 bits per heavy atom. The zero-order chi connectivity index (χ0) is 14.7. The highest BCUT2D eigenvalue weighted by Gasteiger charge is 2.26. The van der Waals surface area contributed by atoms with E-state index >= 15 is 0 Å². The summed E-state index contributed by atoms with van der Waals surface area (Å²) in [6.45, 7) is 5.22. The second-order valence-corrected chi connectivity index (χ2v) is 5.45. The Morgan fingerprint density at radius 2 is 2.20 bits per heavy atom. The second kappa shape index (κ2) is 6.31. The first kappa shape index (κ1) is 14.9. The molecule has 1 atom stereocenters. The minimum atomic E-state index is -1.07. The molecule has 0 aromatic heterocycles. The van der Waals surface area contributed by atoms with Gasteiger partial charge in [0.25, 0.3) is 5.91 Å². The molecule has 1 aliphatic heterocycles. The standard InChI is InChI=1S/C15H20F2N2O/c1-10(2)19(9-11-5-4-8-18-11)15(20)12-6-3-7-13(16)14(12)17/h3,6-7,10-11,18H,4-5,8-9H2,1-2H3. The van der Waals surface area contributed by atoms with Crippen LogP contribution in [0.2, 0.25) is 0 Å². The van der Waals surface area contributed by atoms with Gasteiger partial charge in [-0.3, -0.25) is 4.79 Å². The van der Waals surface area contributed by atoms with Crippen LogP contribution in [0.5, 0.6) is 0 Å². The first-order valence-corrected chi connectivity index (χ1v) is 6.99. The van der Waals surface area contributed by atoms with Gasteiger partial charge in [0.15, 0.2) is 11.6 Å². The van der Waals surface area contributed by atoms with Gasteiger partial charge < -0.3 is 10.2 Å². The summed E-state index contributed by atoms with van der Waals surface area (Å²) in [6, 6.07) is 3.88. The van der Waals surface area contributed by atoms with Gasteiger partial charge in [-0.05, 0) is 45.4 Å². The summed E-state index contributed by atoms with van der Waals surface area (Å²) in [5, 5.41) is 3.31. The van der Waals surface area contributed by atoms with Crippen molar-refractivity contribution in [2.45, 2.75) is 38.8 Å². The van der Waals surface area contributed by atoms with Crippen LogP contribution in [0.25, 0.3) is 0 Å². The van der Waals surface area contributed by atoms with Crippen molar-refractivity contribution in [3.8, 4) is 0 Å². The van der Waals surface area contributed by atoms with Gasteiger partial charge >= 0.3 is 0 Å². The van der Waals surface area contributed by atoms with Gasteiger partial charge in [0.05, 0.1) is 5.56 Å². The van der Waals surface area contributed by atoms with Crippen LogP contribution in [0.3, 0.4) is 0 Å². The number of amides is 1. The third-order valence-electron chi connectivity index (χ3n) is 3.65. The molecule has 0 radical (unpaired) electrons. The lowest BCUT2D eigenvalue weighted by Crippen LogP contribution is -2.45. The zero-order valence-corrected chi connectivity index (χ0v) is 11.8. The van der Waals surface area contributed by atoms with E-state index in [-0.39, 0.29) is 17.6 Å².